The minimum Gasteiger partial charge on any atom is -0.465 e. The van der Waals surface area contributed by atoms with Crippen molar-refractivity contribution in [2.24, 2.45) is 0 Å². The Morgan fingerprint density at radius 2 is 1.91 bits per heavy atom. The SMILES string of the molecule is N#Cc1cnc(NC(=O)c2cc(Cl)ccc2C2CCCCN2C2CCN(C(=O)O)CC2)cn1. The van der Waals surface area contributed by atoms with Crippen molar-refractivity contribution < 1.29 is 14.7 Å². The van der Waals surface area contributed by atoms with Gasteiger partial charge in [0.1, 0.15) is 6.07 Å². The third kappa shape index (κ3) is 5.24. The number of hydrogen-bond donors (Lipinski definition) is 2. The molecule has 2 aliphatic heterocycles. The fraction of sp³-hybridized carbons (Fsp3) is 0.435. The summed E-state index contributed by atoms with van der Waals surface area (Å²) in [6.45, 7) is 1.95. The molecule has 2 amide bonds. The molecule has 1 atom stereocenters. The monoisotopic (exact) mass is 468 g/mol. The third-order valence-corrected chi connectivity index (χ3v) is 6.61. The number of nitrogens with one attached hydrogen (secondary N) is 1. The highest BCUT2D eigenvalue weighted by Crippen LogP contribution is 2.37. The molecule has 33 heavy (non-hydrogen) atoms. The Bertz CT molecular complexity index is 1060. The summed E-state index contributed by atoms with van der Waals surface area (Å²) in [6.07, 6.45) is 6.39. The average molecular weight is 469 g/mol. The second-order valence-corrected chi connectivity index (χ2v) is 8.77. The summed E-state index contributed by atoms with van der Waals surface area (Å²) in [6, 6.07) is 7.60. The van der Waals surface area contributed by atoms with Gasteiger partial charge in [-0.3, -0.25) is 9.69 Å². The number of likely N-dealkylation sites (tertiary alicyclic amines) is 2. The lowest BCUT2D eigenvalue weighted by molar-refractivity contribution is 0.0492. The number of nitrogens with zero attached hydrogens (tertiary/aromatic N) is 5. The number of carbonyl (C=O) groups excluding carboxylic acids is 1. The van der Waals surface area contributed by atoms with Crippen LogP contribution in [-0.4, -0.2) is 62.6 Å². The van der Waals surface area contributed by atoms with Crippen molar-refractivity contribution in [3.05, 3.63) is 52.4 Å². The van der Waals surface area contributed by atoms with Crippen molar-refractivity contribution in [2.45, 2.75) is 44.2 Å². The molecule has 2 N–H and O–H groups in total. The van der Waals surface area contributed by atoms with Crippen LogP contribution in [0.5, 0.6) is 0 Å². The van der Waals surface area contributed by atoms with E-state index < -0.39 is 6.09 Å². The molecule has 9 nitrogen and oxygen atoms in total. The molecular weight excluding hydrogens is 444 g/mol. The van der Waals surface area contributed by atoms with Gasteiger partial charge in [0, 0.05) is 35.8 Å². The molecule has 3 heterocycles. The van der Waals surface area contributed by atoms with Gasteiger partial charge in [-0.25, -0.2) is 14.8 Å². The topological polar surface area (TPSA) is 122 Å². The molecule has 0 radical (unpaired) electrons. The van der Waals surface area contributed by atoms with Gasteiger partial charge in [0.2, 0.25) is 0 Å². The Morgan fingerprint density at radius 3 is 2.58 bits per heavy atom. The predicted molar refractivity (Wildman–Crippen MR) is 122 cm³/mol. The summed E-state index contributed by atoms with van der Waals surface area (Å²) in [7, 11) is 0. The second kappa shape index (κ2) is 10.1. The number of carboxylic acid groups (broad SMARTS) is 1. The summed E-state index contributed by atoms with van der Waals surface area (Å²) < 4.78 is 0. The fourth-order valence-corrected chi connectivity index (χ4v) is 4.94. The van der Waals surface area contributed by atoms with E-state index in [1.165, 1.54) is 17.3 Å². The lowest BCUT2D eigenvalue weighted by Crippen LogP contribution is -2.49. The maximum Gasteiger partial charge on any atom is 0.407 e. The number of benzene rings is 1. The number of halogens is 1. The van der Waals surface area contributed by atoms with Crippen LogP contribution in [0.2, 0.25) is 5.02 Å². The highest BCUT2D eigenvalue weighted by atomic mass is 35.5. The minimum atomic E-state index is -0.869. The van der Waals surface area contributed by atoms with Crippen LogP contribution in [0.15, 0.2) is 30.6 Å². The molecule has 4 rings (SSSR count). The van der Waals surface area contributed by atoms with Gasteiger partial charge in [-0.05, 0) is 49.9 Å². The minimum absolute atomic E-state index is 0.0465. The molecule has 1 unspecified atom stereocenters. The summed E-state index contributed by atoms with van der Waals surface area (Å²) in [4.78, 5) is 36.4. The van der Waals surface area contributed by atoms with E-state index in [2.05, 4.69) is 20.2 Å². The molecule has 2 fully saturated rings. The van der Waals surface area contributed by atoms with Crippen molar-refractivity contribution in [3.63, 3.8) is 0 Å². The van der Waals surface area contributed by atoms with E-state index in [0.717, 1.165) is 44.2 Å². The Morgan fingerprint density at radius 1 is 1.12 bits per heavy atom. The lowest BCUT2D eigenvalue weighted by atomic mass is 9.88. The average Bonchev–Trinajstić information content (AvgIpc) is 2.84. The van der Waals surface area contributed by atoms with Gasteiger partial charge >= 0.3 is 6.09 Å². The predicted octanol–water partition coefficient (Wildman–Crippen LogP) is 3.92. The van der Waals surface area contributed by atoms with Crippen LogP contribution in [0.25, 0.3) is 0 Å². The molecule has 2 aliphatic rings. The van der Waals surface area contributed by atoms with Gasteiger partial charge in [0.05, 0.1) is 12.4 Å². The van der Waals surface area contributed by atoms with E-state index in [1.807, 2.05) is 12.1 Å². The molecule has 0 bridgehead atoms. The van der Waals surface area contributed by atoms with Crippen LogP contribution in [-0.2, 0) is 0 Å². The molecule has 2 aromatic rings. The Balaban J connectivity index is 1.57. The summed E-state index contributed by atoms with van der Waals surface area (Å²) in [5.41, 5.74) is 1.55. The van der Waals surface area contributed by atoms with Gasteiger partial charge in [-0.1, -0.05) is 24.1 Å². The van der Waals surface area contributed by atoms with Crippen LogP contribution in [0.4, 0.5) is 10.6 Å². The smallest absolute Gasteiger partial charge is 0.407 e. The second-order valence-electron chi connectivity index (χ2n) is 8.33. The molecule has 0 spiro atoms. The Labute approximate surface area is 197 Å². The van der Waals surface area contributed by atoms with Gasteiger partial charge in [-0.15, -0.1) is 0 Å². The van der Waals surface area contributed by atoms with E-state index in [0.29, 0.717) is 23.7 Å². The zero-order valence-corrected chi connectivity index (χ0v) is 18.8. The summed E-state index contributed by atoms with van der Waals surface area (Å²) in [5, 5.41) is 21.4. The van der Waals surface area contributed by atoms with Crippen molar-refractivity contribution >= 4 is 29.4 Å². The van der Waals surface area contributed by atoms with E-state index in [1.54, 1.807) is 12.1 Å². The summed E-state index contributed by atoms with van der Waals surface area (Å²) in [5.74, 6) is -0.0794. The number of piperidine rings is 2. The number of aromatic nitrogens is 2. The number of nitriles is 1. The van der Waals surface area contributed by atoms with Crippen molar-refractivity contribution in [3.8, 4) is 6.07 Å². The number of anilines is 1. The Kier molecular flexibility index (Phi) is 7.06. The molecule has 10 heteroatoms. The third-order valence-electron chi connectivity index (χ3n) is 6.38. The van der Waals surface area contributed by atoms with Gasteiger partial charge < -0.3 is 15.3 Å². The van der Waals surface area contributed by atoms with Gasteiger partial charge in [0.25, 0.3) is 5.91 Å². The number of hydrogen-bond acceptors (Lipinski definition) is 6. The fourth-order valence-electron chi connectivity index (χ4n) is 4.76. The van der Waals surface area contributed by atoms with Gasteiger partial charge in [0.15, 0.2) is 11.5 Å². The highest BCUT2D eigenvalue weighted by Gasteiger charge is 2.34. The first kappa shape index (κ1) is 23.0. The number of carbonyl (C=O) groups is 2. The number of amides is 2. The molecule has 0 aliphatic carbocycles. The first-order valence-corrected chi connectivity index (χ1v) is 11.4. The molecule has 172 valence electrons. The largest absolute Gasteiger partial charge is 0.465 e. The van der Waals surface area contributed by atoms with Crippen LogP contribution < -0.4 is 5.32 Å². The highest BCUT2D eigenvalue weighted by molar-refractivity contribution is 6.31. The van der Waals surface area contributed by atoms with E-state index in [9.17, 15) is 14.7 Å². The molecule has 1 aromatic heterocycles. The number of rotatable bonds is 4. The first-order valence-electron chi connectivity index (χ1n) is 11.0. The van der Waals surface area contributed by atoms with Gasteiger partial charge in [-0.2, -0.15) is 5.26 Å². The van der Waals surface area contributed by atoms with Crippen LogP contribution in [0.3, 0.4) is 0 Å². The van der Waals surface area contributed by atoms with E-state index in [-0.39, 0.29) is 29.5 Å². The van der Waals surface area contributed by atoms with E-state index >= 15 is 0 Å². The lowest BCUT2D eigenvalue weighted by Gasteiger charge is -2.44. The first-order chi connectivity index (χ1) is 16.0. The summed E-state index contributed by atoms with van der Waals surface area (Å²) >= 11 is 6.25. The van der Waals surface area contributed by atoms with Crippen LogP contribution >= 0.6 is 11.6 Å². The van der Waals surface area contributed by atoms with Crippen molar-refractivity contribution in [1.29, 1.82) is 5.26 Å². The molecule has 2 saturated heterocycles. The van der Waals surface area contributed by atoms with Crippen molar-refractivity contribution in [2.75, 3.05) is 25.0 Å². The zero-order valence-electron chi connectivity index (χ0n) is 18.1. The molecule has 0 saturated carbocycles. The zero-order chi connectivity index (χ0) is 23.4. The maximum absolute atomic E-state index is 13.2. The maximum atomic E-state index is 13.2. The molecular formula is C23H25ClN6O3. The van der Waals surface area contributed by atoms with Crippen LogP contribution in [0, 0.1) is 11.3 Å². The van der Waals surface area contributed by atoms with Crippen molar-refractivity contribution in [1.82, 2.24) is 19.8 Å². The standard InChI is InChI=1S/C23H25ClN6O3/c24-15-4-5-18(19(11-15)22(31)28-21-14-26-16(12-25)13-27-21)20-3-1-2-8-30(20)17-6-9-29(10-7-17)23(32)33/h4-5,11,13-14,17,20H,1-3,6-10H2,(H,32,33)(H,27,28,31). The van der Waals surface area contributed by atoms with E-state index in [4.69, 9.17) is 16.9 Å². The van der Waals surface area contributed by atoms with Crippen LogP contribution in [0.1, 0.15) is 59.8 Å². The molecule has 1 aromatic carbocycles. The quantitative estimate of drug-likeness (QED) is 0.696. The Hall–Kier alpha value is -3.22. The normalized spacial score (nSPS) is 19.6.